The smallest absolute Gasteiger partial charge is 0.290 e. The molecule has 3 rings (SSSR count). The topological polar surface area (TPSA) is 77.2 Å². The van der Waals surface area contributed by atoms with Crippen LogP contribution in [0.4, 0.5) is 0 Å². The first-order valence-corrected chi connectivity index (χ1v) is 9.80. The second-order valence-corrected chi connectivity index (χ2v) is 6.57. The maximum absolute atomic E-state index is 12.6. The predicted octanol–water partition coefficient (Wildman–Crippen LogP) is 3.98. The minimum Gasteiger partial charge on any atom is -0.493 e. The van der Waals surface area contributed by atoms with E-state index < -0.39 is 0 Å². The first kappa shape index (κ1) is 20.4. The first-order valence-electron chi connectivity index (χ1n) is 9.80. The summed E-state index contributed by atoms with van der Waals surface area (Å²) in [6.07, 6.45) is 5.20. The van der Waals surface area contributed by atoms with Gasteiger partial charge in [0.25, 0.3) is 5.91 Å². The van der Waals surface area contributed by atoms with Gasteiger partial charge in [-0.2, -0.15) is 5.10 Å². The third kappa shape index (κ3) is 4.93. The Bertz CT molecular complexity index is 1010. The van der Waals surface area contributed by atoms with E-state index in [4.69, 9.17) is 9.47 Å². The van der Waals surface area contributed by atoms with Crippen LogP contribution in [-0.4, -0.2) is 34.7 Å². The van der Waals surface area contributed by atoms with E-state index in [-0.39, 0.29) is 5.91 Å². The molecule has 1 aromatic carbocycles. The zero-order valence-electron chi connectivity index (χ0n) is 17.0. The number of hydrazone groups is 1. The summed E-state index contributed by atoms with van der Waals surface area (Å²) in [5.41, 5.74) is 5.17. The van der Waals surface area contributed by atoms with Crippen LogP contribution in [0.2, 0.25) is 0 Å². The highest BCUT2D eigenvalue weighted by Gasteiger charge is 2.15. The van der Waals surface area contributed by atoms with Crippen molar-refractivity contribution in [1.82, 2.24) is 14.8 Å². The molecule has 0 radical (unpaired) electrons. The number of nitrogens with zero attached hydrogens (tertiary/aromatic N) is 3. The number of benzene rings is 1. The van der Waals surface area contributed by atoms with E-state index >= 15 is 0 Å². The quantitative estimate of drug-likeness (QED) is 0.440. The number of carbonyl (C=O) groups is 1. The van der Waals surface area contributed by atoms with Crippen LogP contribution in [0.3, 0.4) is 0 Å². The number of hydrogen-bond acceptors (Lipinski definition) is 5. The van der Waals surface area contributed by atoms with E-state index in [1.807, 2.05) is 43.3 Å². The number of pyridine rings is 1. The fourth-order valence-corrected chi connectivity index (χ4v) is 2.87. The largest absolute Gasteiger partial charge is 0.493 e. The third-order valence-electron chi connectivity index (χ3n) is 4.21. The van der Waals surface area contributed by atoms with Crippen molar-refractivity contribution < 1.29 is 14.3 Å². The second kappa shape index (κ2) is 9.73. The van der Waals surface area contributed by atoms with E-state index in [1.54, 1.807) is 23.7 Å². The van der Waals surface area contributed by atoms with Crippen LogP contribution in [0.1, 0.15) is 48.4 Å². The van der Waals surface area contributed by atoms with Crippen LogP contribution >= 0.6 is 0 Å². The number of imidazole rings is 1. The number of ether oxygens (including phenoxy) is 2. The molecule has 2 aromatic heterocycles. The molecular weight excluding hydrogens is 368 g/mol. The van der Waals surface area contributed by atoms with Crippen molar-refractivity contribution in [3.05, 3.63) is 59.5 Å². The molecule has 0 spiro atoms. The molecule has 0 aliphatic rings. The van der Waals surface area contributed by atoms with Gasteiger partial charge in [0.1, 0.15) is 22.8 Å². The number of nitrogens with one attached hydrogen (secondary N) is 1. The molecule has 2 heterocycles. The van der Waals surface area contributed by atoms with E-state index in [1.165, 1.54) is 0 Å². The lowest BCUT2D eigenvalue weighted by molar-refractivity contribution is 0.0948. The van der Waals surface area contributed by atoms with Crippen molar-refractivity contribution >= 4 is 17.8 Å². The van der Waals surface area contributed by atoms with Gasteiger partial charge < -0.3 is 9.47 Å². The van der Waals surface area contributed by atoms with Crippen LogP contribution < -0.4 is 14.9 Å². The lowest BCUT2D eigenvalue weighted by Crippen LogP contribution is -2.20. The van der Waals surface area contributed by atoms with Crippen molar-refractivity contribution in [3.63, 3.8) is 0 Å². The monoisotopic (exact) mass is 394 g/mol. The minimum atomic E-state index is -0.323. The molecule has 1 N–H and O–H groups in total. The molecule has 3 aromatic rings. The van der Waals surface area contributed by atoms with Crippen molar-refractivity contribution in [2.45, 2.75) is 33.6 Å². The summed E-state index contributed by atoms with van der Waals surface area (Å²) in [4.78, 5) is 17.0. The molecule has 0 aliphatic heterocycles. The molecule has 0 bridgehead atoms. The van der Waals surface area contributed by atoms with E-state index in [9.17, 15) is 4.79 Å². The molecule has 29 heavy (non-hydrogen) atoms. The molecule has 0 atom stereocenters. The molecule has 0 unspecified atom stereocenters. The number of amides is 1. The summed E-state index contributed by atoms with van der Waals surface area (Å²) >= 11 is 0. The molecule has 0 fully saturated rings. The Morgan fingerprint density at radius 3 is 2.76 bits per heavy atom. The molecule has 152 valence electrons. The zero-order chi connectivity index (χ0) is 20.6. The first-order chi connectivity index (χ1) is 14.1. The number of carbonyl (C=O) groups excluding carboxylic acids is 1. The second-order valence-electron chi connectivity index (χ2n) is 6.57. The zero-order valence-corrected chi connectivity index (χ0v) is 17.0. The molecule has 0 aliphatic carbocycles. The molecule has 1 amide bonds. The maximum Gasteiger partial charge on any atom is 0.290 e. The highest BCUT2D eigenvalue weighted by atomic mass is 16.5. The van der Waals surface area contributed by atoms with Gasteiger partial charge in [-0.3, -0.25) is 9.20 Å². The van der Waals surface area contributed by atoms with Crippen LogP contribution in [-0.2, 0) is 0 Å². The van der Waals surface area contributed by atoms with Crippen molar-refractivity contribution in [1.29, 1.82) is 0 Å². The molecular formula is C22H26N4O3. The summed E-state index contributed by atoms with van der Waals surface area (Å²) in [5, 5.41) is 4.12. The number of aromatic nitrogens is 2. The van der Waals surface area contributed by atoms with Crippen LogP contribution in [0.15, 0.2) is 47.7 Å². The SMILES string of the molecule is CCCOc1ccc(/C=N\NC(=O)c2c(C)nc3ccccn23)c(OCCC)c1. The van der Waals surface area contributed by atoms with E-state index in [0.717, 1.165) is 29.8 Å². The van der Waals surface area contributed by atoms with Crippen molar-refractivity contribution in [2.24, 2.45) is 5.10 Å². The Kier molecular flexibility index (Phi) is 6.84. The summed E-state index contributed by atoms with van der Waals surface area (Å²) in [6.45, 7) is 7.14. The van der Waals surface area contributed by atoms with Crippen LogP contribution in [0.25, 0.3) is 5.65 Å². The molecule has 0 saturated carbocycles. The van der Waals surface area contributed by atoms with Gasteiger partial charge in [-0.15, -0.1) is 0 Å². The van der Waals surface area contributed by atoms with Crippen molar-refractivity contribution in [2.75, 3.05) is 13.2 Å². The summed E-state index contributed by atoms with van der Waals surface area (Å²) in [7, 11) is 0. The maximum atomic E-state index is 12.6. The lowest BCUT2D eigenvalue weighted by atomic mass is 10.2. The Balaban J connectivity index is 1.76. The van der Waals surface area contributed by atoms with Gasteiger partial charge >= 0.3 is 0 Å². The van der Waals surface area contributed by atoms with Gasteiger partial charge in [0, 0.05) is 17.8 Å². The Hall–Kier alpha value is -3.35. The lowest BCUT2D eigenvalue weighted by Gasteiger charge is -2.11. The summed E-state index contributed by atoms with van der Waals surface area (Å²) in [5.74, 6) is 1.10. The average Bonchev–Trinajstić information content (AvgIpc) is 3.07. The standard InChI is InChI=1S/C22H26N4O3/c1-4-12-28-18-10-9-17(19(14-18)29-13-5-2)15-23-25-22(27)21-16(3)24-20-8-6-7-11-26(20)21/h6-11,14-15H,4-5,12-13H2,1-3H3,(H,25,27)/b23-15-. The average molecular weight is 394 g/mol. The van der Waals surface area contributed by atoms with Gasteiger partial charge in [-0.1, -0.05) is 19.9 Å². The fraction of sp³-hybridized carbons (Fsp3) is 0.318. The summed E-state index contributed by atoms with van der Waals surface area (Å²) in [6, 6.07) is 11.2. The highest BCUT2D eigenvalue weighted by Crippen LogP contribution is 2.24. The highest BCUT2D eigenvalue weighted by molar-refractivity contribution is 5.95. The predicted molar refractivity (Wildman–Crippen MR) is 113 cm³/mol. The fourth-order valence-electron chi connectivity index (χ4n) is 2.87. The normalized spacial score (nSPS) is 11.1. The number of aryl methyl sites for hydroxylation is 1. The minimum absolute atomic E-state index is 0.323. The van der Waals surface area contributed by atoms with Gasteiger partial charge in [0.05, 0.1) is 25.1 Å². The van der Waals surface area contributed by atoms with Gasteiger partial charge in [0.2, 0.25) is 0 Å². The van der Waals surface area contributed by atoms with E-state index in [0.29, 0.717) is 30.4 Å². The molecule has 7 nitrogen and oxygen atoms in total. The third-order valence-corrected chi connectivity index (χ3v) is 4.21. The van der Waals surface area contributed by atoms with Crippen LogP contribution in [0.5, 0.6) is 11.5 Å². The van der Waals surface area contributed by atoms with Gasteiger partial charge in [-0.25, -0.2) is 10.4 Å². The number of rotatable bonds is 9. The number of fused-ring (bicyclic) bond motifs is 1. The van der Waals surface area contributed by atoms with Crippen molar-refractivity contribution in [3.8, 4) is 11.5 Å². The van der Waals surface area contributed by atoms with Gasteiger partial charge in [0.15, 0.2) is 0 Å². The van der Waals surface area contributed by atoms with E-state index in [2.05, 4.69) is 22.4 Å². The Morgan fingerprint density at radius 1 is 1.17 bits per heavy atom. The Morgan fingerprint density at radius 2 is 1.97 bits per heavy atom. The van der Waals surface area contributed by atoms with Gasteiger partial charge in [-0.05, 0) is 44.0 Å². The molecule has 7 heteroatoms. The Labute approximate surface area is 170 Å². The summed E-state index contributed by atoms with van der Waals surface area (Å²) < 4.78 is 13.2. The number of hydrogen-bond donors (Lipinski definition) is 1. The van der Waals surface area contributed by atoms with Crippen LogP contribution in [0, 0.1) is 6.92 Å². The molecule has 0 saturated heterocycles.